The van der Waals surface area contributed by atoms with E-state index in [1.807, 2.05) is 13.8 Å². The molecule has 16 heteroatoms. The van der Waals surface area contributed by atoms with E-state index in [2.05, 4.69) is 26.3 Å². The maximum Gasteiger partial charge on any atom is 0.343 e. The number of carbonyl (C=O) groups is 4. The van der Waals surface area contributed by atoms with Gasteiger partial charge in [-0.1, -0.05) is 78.7 Å². The molecule has 0 aromatic heterocycles. The minimum absolute atomic E-state index is 0.159. The Morgan fingerprint density at radius 3 is 0.961 bits per heavy atom. The number of amides is 4. The second-order valence-electron chi connectivity index (χ2n) is 12.5. The summed E-state index contributed by atoms with van der Waals surface area (Å²) in [5, 5.41) is 0. The summed E-state index contributed by atoms with van der Waals surface area (Å²) >= 11 is 0. The Kier molecular flexibility index (Phi) is 23.8. The standard InChI is InChI=1S/C35H62N4O10P2/c1-7-23-36(31(40)9-3)27-29-38(33(42)11-5)25-19-15-13-17-21-35(50(44,45)46,51(47,48)49)22-18-14-16-20-26-39(34(43)12-6)30-28-37(24-8-2)32(41)10-4/h9-12H,3-8,13-30H2,1-2H3,(H2,44,45,46)(H2,47,48,49). The van der Waals surface area contributed by atoms with Crippen LogP contribution in [-0.4, -0.2) is 120 Å². The summed E-state index contributed by atoms with van der Waals surface area (Å²) in [5.41, 5.74) is 0. The molecule has 0 bridgehead atoms. The fourth-order valence-electron chi connectivity index (χ4n) is 5.87. The van der Waals surface area contributed by atoms with Gasteiger partial charge >= 0.3 is 15.2 Å². The lowest BCUT2D eigenvalue weighted by molar-refractivity contribution is -0.130. The first-order chi connectivity index (χ1) is 24.0. The van der Waals surface area contributed by atoms with E-state index in [1.54, 1.807) is 19.6 Å². The molecule has 4 N–H and O–H groups in total. The highest BCUT2D eigenvalue weighted by Crippen LogP contribution is 2.73. The first kappa shape index (κ1) is 48.1. The maximum atomic E-state index is 12.6. The molecule has 0 radical (unpaired) electrons. The van der Waals surface area contributed by atoms with Crippen LogP contribution in [0.25, 0.3) is 0 Å². The Labute approximate surface area is 304 Å². The highest BCUT2D eigenvalue weighted by atomic mass is 31.2. The first-order valence-electron chi connectivity index (χ1n) is 17.8. The molecule has 0 saturated heterocycles. The van der Waals surface area contributed by atoms with Gasteiger partial charge in [0.05, 0.1) is 0 Å². The minimum Gasteiger partial charge on any atom is -0.337 e. The van der Waals surface area contributed by atoms with Crippen LogP contribution in [0.4, 0.5) is 0 Å². The van der Waals surface area contributed by atoms with Crippen molar-refractivity contribution in [3.05, 3.63) is 50.6 Å². The number of rotatable bonds is 30. The summed E-state index contributed by atoms with van der Waals surface area (Å²) < 4.78 is 25.3. The normalized spacial score (nSPS) is 11.7. The van der Waals surface area contributed by atoms with Gasteiger partial charge in [-0.15, -0.1) is 0 Å². The van der Waals surface area contributed by atoms with Crippen LogP contribution < -0.4 is 0 Å². The van der Waals surface area contributed by atoms with Gasteiger partial charge in [-0.25, -0.2) is 0 Å². The topological polar surface area (TPSA) is 196 Å². The molecular formula is C35H62N4O10P2. The average molecular weight is 761 g/mol. The van der Waals surface area contributed by atoms with Gasteiger partial charge in [0.2, 0.25) is 23.6 Å². The molecular weight excluding hydrogens is 698 g/mol. The van der Waals surface area contributed by atoms with Crippen LogP contribution in [0.15, 0.2) is 50.6 Å². The van der Waals surface area contributed by atoms with E-state index in [0.29, 0.717) is 90.9 Å². The number of hydrogen-bond acceptors (Lipinski definition) is 6. The molecule has 0 fully saturated rings. The van der Waals surface area contributed by atoms with Crippen molar-refractivity contribution in [2.24, 2.45) is 0 Å². The molecule has 0 saturated carbocycles. The van der Waals surface area contributed by atoms with Crippen LogP contribution in [-0.2, 0) is 28.3 Å². The Bertz CT molecular complexity index is 1150. The summed E-state index contributed by atoms with van der Waals surface area (Å²) in [6.07, 6.45) is 8.93. The molecule has 0 spiro atoms. The molecule has 0 rings (SSSR count). The zero-order chi connectivity index (χ0) is 39.1. The lowest BCUT2D eigenvalue weighted by Gasteiger charge is -2.35. The van der Waals surface area contributed by atoms with E-state index < -0.39 is 20.1 Å². The predicted octanol–water partition coefficient (Wildman–Crippen LogP) is 4.82. The summed E-state index contributed by atoms with van der Waals surface area (Å²) in [7, 11) is -10.5. The van der Waals surface area contributed by atoms with Crippen LogP contribution in [0.5, 0.6) is 0 Å². The fraction of sp³-hybridized carbons (Fsp3) is 0.657. The molecule has 51 heavy (non-hydrogen) atoms. The molecule has 292 valence electrons. The fourth-order valence-corrected chi connectivity index (χ4v) is 9.03. The van der Waals surface area contributed by atoms with Gasteiger partial charge in [0, 0.05) is 52.4 Å². The van der Waals surface area contributed by atoms with Crippen molar-refractivity contribution in [1.29, 1.82) is 0 Å². The molecule has 4 amide bonds. The highest BCUT2D eigenvalue weighted by Gasteiger charge is 2.58. The summed E-state index contributed by atoms with van der Waals surface area (Å²) in [6, 6.07) is 0. The minimum atomic E-state index is -5.25. The third-order valence-electron chi connectivity index (χ3n) is 8.81. The second-order valence-corrected chi connectivity index (χ2v) is 16.8. The Morgan fingerprint density at radius 2 is 0.725 bits per heavy atom. The molecule has 14 nitrogen and oxygen atoms in total. The van der Waals surface area contributed by atoms with Crippen molar-refractivity contribution >= 4 is 38.8 Å². The number of nitrogens with zero attached hydrogens (tertiary/aromatic N) is 4. The zero-order valence-corrected chi connectivity index (χ0v) is 32.5. The van der Waals surface area contributed by atoms with Crippen molar-refractivity contribution in [2.75, 3.05) is 52.4 Å². The van der Waals surface area contributed by atoms with E-state index in [4.69, 9.17) is 0 Å². The van der Waals surface area contributed by atoms with Gasteiger partial charge in [-0.2, -0.15) is 0 Å². The van der Waals surface area contributed by atoms with E-state index in [-0.39, 0.29) is 49.3 Å². The van der Waals surface area contributed by atoms with Crippen molar-refractivity contribution in [1.82, 2.24) is 19.6 Å². The van der Waals surface area contributed by atoms with Gasteiger partial charge in [0.25, 0.3) is 0 Å². The number of unbranched alkanes of at least 4 members (excludes halogenated alkanes) is 6. The predicted molar refractivity (Wildman–Crippen MR) is 201 cm³/mol. The Balaban J connectivity index is 5.19. The lowest BCUT2D eigenvalue weighted by Crippen LogP contribution is -2.40. The third-order valence-corrected chi connectivity index (χ3v) is 13.4. The van der Waals surface area contributed by atoms with E-state index in [0.717, 1.165) is 12.8 Å². The number of carbonyl (C=O) groups excluding carboxylic acids is 4. The van der Waals surface area contributed by atoms with Crippen molar-refractivity contribution in [3.8, 4) is 0 Å². The quantitative estimate of drug-likeness (QED) is 0.0448. The number of hydrogen-bond donors (Lipinski definition) is 4. The van der Waals surface area contributed by atoms with Crippen molar-refractivity contribution in [3.63, 3.8) is 0 Å². The largest absolute Gasteiger partial charge is 0.343 e. The molecule has 0 aliphatic heterocycles. The average Bonchev–Trinajstić information content (AvgIpc) is 3.08. The molecule has 0 aliphatic rings. The third kappa shape index (κ3) is 17.0. The van der Waals surface area contributed by atoms with Gasteiger partial charge in [-0.05, 0) is 62.8 Å². The van der Waals surface area contributed by atoms with Gasteiger partial charge < -0.3 is 39.2 Å². The van der Waals surface area contributed by atoms with E-state index in [1.165, 1.54) is 24.3 Å². The van der Waals surface area contributed by atoms with Gasteiger partial charge in [-0.3, -0.25) is 28.3 Å². The molecule has 0 aromatic rings. The lowest BCUT2D eigenvalue weighted by atomic mass is 10.0. The zero-order valence-electron chi connectivity index (χ0n) is 30.7. The van der Waals surface area contributed by atoms with Crippen molar-refractivity contribution < 1.29 is 47.9 Å². The van der Waals surface area contributed by atoms with Gasteiger partial charge in [0.15, 0.2) is 4.90 Å². The molecule has 0 aromatic carbocycles. The molecule has 0 heterocycles. The smallest absolute Gasteiger partial charge is 0.337 e. The van der Waals surface area contributed by atoms with Crippen molar-refractivity contribution in [2.45, 2.75) is 95.8 Å². The summed E-state index contributed by atoms with van der Waals surface area (Å²) in [4.78, 5) is 93.8. The summed E-state index contributed by atoms with van der Waals surface area (Å²) in [6.45, 7) is 21.0. The van der Waals surface area contributed by atoms with Crippen LogP contribution in [0.2, 0.25) is 0 Å². The van der Waals surface area contributed by atoms with Gasteiger partial charge in [0.1, 0.15) is 0 Å². The van der Waals surface area contributed by atoms with E-state index in [9.17, 15) is 47.9 Å². The van der Waals surface area contributed by atoms with Crippen LogP contribution in [0, 0.1) is 0 Å². The molecule has 0 atom stereocenters. The van der Waals surface area contributed by atoms with Crippen LogP contribution in [0.1, 0.15) is 90.9 Å². The Morgan fingerprint density at radius 1 is 0.471 bits per heavy atom. The second kappa shape index (κ2) is 25.2. The Hall–Kier alpha value is -2.86. The van der Waals surface area contributed by atoms with Crippen LogP contribution in [0.3, 0.4) is 0 Å². The SMILES string of the molecule is C=CC(=O)N(CCC)CCN(CCCCCCC(CCCCCCN(CCN(CCC)C(=O)C=C)C(=O)C=C)(P(=O)(O)O)P(=O)(O)O)C(=O)C=C. The maximum absolute atomic E-state index is 12.6. The highest BCUT2D eigenvalue weighted by molar-refractivity contribution is 7.72. The summed E-state index contributed by atoms with van der Waals surface area (Å²) in [5.74, 6) is -1.04. The monoisotopic (exact) mass is 760 g/mol. The molecule has 0 unspecified atom stereocenters. The first-order valence-corrected chi connectivity index (χ1v) is 21.0. The van der Waals surface area contributed by atoms with E-state index >= 15 is 0 Å². The molecule has 0 aliphatic carbocycles. The van der Waals surface area contributed by atoms with Crippen LogP contribution >= 0.6 is 15.2 Å².